The Morgan fingerprint density at radius 2 is 2.23 bits per heavy atom. The minimum atomic E-state index is 0.225. The number of piperidine rings is 1. The van der Waals surface area contributed by atoms with Gasteiger partial charge in [-0.3, -0.25) is 4.90 Å². The van der Waals surface area contributed by atoms with Gasteiger partial charge in [-0.2, -0.15) is 0 Å². The van der Waals surface area contributed by atoms with Crippen LogP contribution in [0.3, 0.4) is 0 Å². The van der Waals surface area contributed by atoms with Gasteiger partial charge in [0.15, 0.2) is 0 Å². The highest BCUT2D eigenvalue weighted by molar-refractivity contribution is 7.20. The molecule has 2 aromatic rings. The van der Waals surface area contributed by atoms with Crippen molar-refractivity contribution in [3.05, 3.63) is 28.6 Å². The highest BCUT2D eigenvalue weighted by Gasteiger charge is 2.23. The summed E-state index contributed by atoms with van der Waals surface area (Å²) >= 11 is 3.51. The first-order valence-corrected chi connectivity index (χ1v) is 9.48. The molecule has 0 bridgehead atoms. The van der Waals surface area contributed by atoms with Gasteiger partial charge in [0.2, 0.25) is 0 Å². The molecule has 0 spiro atoms. The van der Waals surface area contributed by atoms with E-state index in [0.717, 1.165) is 31.2 Å². The maximum atomic E-state index is 9.39. The van der Waals surface area contributed by atoms with Crippen LogP contribution < -0.4 is 0 Å². The molecule has 0 aromatic carbocycles. The van der Waals surface area contributed by atoms with Gasteiger partial charge in [0.1, 0.15) is 5.01 Å². The minimum absolute atomic E-state index is 0.225. The lowest BCUT2D eigenvalue weighted by Crippen LogP contribution is -2.44. The van der Waals surface area contributed by atoms with E-state index in [1.54, 1.807) is 22.7 Å². The Labute approximate surface area is 140 Å². The Hall–Kier alpha value is -0.790. The summed E-state index contributed by atoms with van der Waals surface area (Å²) in [7, 11) is 2.18. The molecule has 0 amide bonds. The molecule has 0 atom stereocenters. The van der Waals surface area contributed by atoms with Gasteiger partial charge in [0.25, 0.3) is 0 Å². The fourth-order valence-electron chi connectivity index (χ4n) is 2.97. The Kier molecular flexibility index (Phi) is 5.60. The van der Waals surface area contributed by atoms with E-state index in [4.69, 9.17) is 0 Å². The Morgan fingerprint density at radius 3 is 2.91 bits per heavy atom. The van der Waals surface area contributed by atoms with Gasteiger partial charge in [-0.15, -0.1) is 22.7 Å². The van der Waals surface area contributed by atoms with Gasteiger partial charge in [-0.1, -0.05) is 6.07 Å². The fourth-order valence-corrected chi connectivity index (χ4v) is 4.72. The standard InChI is InChI=1S/C16H23N3OS2/c1-18-6-4-13(5-7-18)19(8-9-20)12-14-11-17-16(22-14)15-3-2-10-21-15/h2-3,10-11,13,20H,4-9,12H2,1H3. The summed E-state index contributed by atoms with van der Waals surface area (Å²) in [5, 5.41) is 12.6. The SMILES string of the molecule is CN1CCC(N(CCO)Cc2cnc(-c3cccs3)s2)CC1. The molecule has 2 aromatic heterocycles. The first-order valence-electron chi connectivity index (χ1n) is 7.78. The average molecular weight is 338 g/mol. The Balaban J connectivity index is 1.66. The van der Waals surface area contributed by atoms with E-state index in [-0.39, 0.29) is 6.61 Å². The number of thiophene rings is 1. The molecule has 1 aliphatic heterocycles. The lowest BCUT2D eigenvalue weighted by atomic mass is 10.0. The number of nitrogens with zero attached hydrogens (tertiary/aromatic N) is 3. The van der Waals surface area contributed by atoms with Crippen LogP contribution in [0.1, 0.15) is 17.7 Å². The molecule has 3 rings (SSSR count). The molecule has 120 valence electrons. The summed E-state index contributed by atoms with van der Waals surface area (Å²) in [6.07, 6.45) is 4.37. The first kappa shape index (κ1) is 16.1. The summed E-state index contributed by atoms with van der Waals surface area (Å²) < 4.78 is 0. The minimum Gasteiger partial charge on any atom is -0.395 e. The summed E-state index contributed by atoms with van der Waals surface area (Å²) in [4.78, 5) is 11.9. The Morgan fingerprint density at radius 1 is 1.41 bits per heavy atom. The van der Waals surface area contributed by atoms with Gasteiger partial charge < -0.3 is 10.0 Å². The number of hydrogen-bond acceptors (Lipinski definition) is 6. The monoisotopic (exact) mass is 337 g/mol. The first-order chi connectivity index (χ1) is 10.8. The maximum Gasteiger partial charge on any atom is 0.133 e. The highest BCUT2D eigenvalue weighted by Crippen LogP contribution is 2.30. The van der Waals surface area contributed by atoms with E-state index >= 15 is 0 Å². The molecule has 22 heavy (non-hydrogen) atoms. The van der Waals surface area contributed by atoms with E-state index < -0.39 is 0 Å². The van der Waals surface area contributed by atoms with Crippen molar-refractivity contribution in [1.29, 1.82) is 0 Å². The summed E-state index contributed by atoms with van der Waals surface area (Å²) in [6.45, 7) is 4.17. The molecule has 0 radical (unpaired) electrons. The van der Waals surface area contributed by atoms with Crippen LogP contribution in [0.2, 0.25) is 0 Å². The Bertz CT molecular complexity index is 562. The van der Waals surface area contributed by atoms with Crippen molar-refractivity contribution in [3.63, 3.8) is 0 Å². The van der Waals surface area contributed by atoms with Crippen molar-refractivity contribution in [2.45, 2.75) is 25.4 Å². The third kappa shape index (κ3) is 3.94. The molecule has 4 nitrogen and oxygen atoms in total. The maximum absolute atomic E-state index is 9.39. The molecular formula is C16H23N3OS2. The molecule has 1 N–H and O–H groups in total. The number of aliphatic hydroxyl groups excluding tert-OH is 1. The quantitative estimate of drug-likeness (QED) is 0.880. The van der Waals surface area contributed by atoms with Gasteiger partial charge in [0, 0.05) is 30.2 Å². The zero-order valence-electron chi connectivity index (χ0n) is 12.9. The molecule has 0 saturated carbocycles. The predicted octanol–water partition coefficient (Wildman–Crippen LogP) is 2.76. The molecule has 0 unspecified atom stereocenters. The van der Waals surface area contributed by atoms with E-state index in [0.29, 0.717) is 6.04 Å². The number of aliphatic hydroxyl groups is 1. The number of thiazole rings is 1. The summed E-state index contributed by atoms with van der Waals surface area (Å²) in [5.41, 5.74) is 0. The van der Waals surface area contributed by atoms with E-state index in [9.17, 15) is 5.11 Å². The lowest BCUT2D eigenvalue weighted by Gasteiger charge is -2.36. The number of likely N-dealkylation sites (tertiary alicyclic amines) is 1. The van der Waals surface area contributed by atoms with Crippen LogP contribution in [0.15, 0.2) is 23.7 Å². The van der Waals surface area contributed by atoms with E-state index in [2.05, 4.69) is 39.3 Å². The predicted molar refractivity (Wildman–Crippen MR) is 93.4 cm³/mol. The van der Waals surface area contributed by atoms with Crippen LogP contribution in [-0.2, 0) is 6.54 Å². The van der Waals surface area contributed by atoms with Gasteiger partial charge >= 0.3 is 0 Å². The fraction of sp³-hybridized carbons (Fsp3) is 0.562. The van der Waals surface area contributed by atoms with Gasteiger partial charge in [0.05, 0.1) is 11.5 Å². The molecule has 6 heteroatoms. The van der Waals surface area contributed by atoms with Crippen molar-refractivity contribution in [2.75, 3.05) is 33.3 Å². The molecule has 1 fully saturated rings. The van der Waals surface area contributed by atoms with Crippen LogP contribution >= 0.6 is 22.7 Å². The molecule has 0 aliphatic carbocycles. The van der Waals surface area contributed by atoms with Gasteiger partial charge in [-0.05, 0) is 44.4 Å². The lowest BCUT2D eigenvalue weighted by molar-refractivity contribution is 0.0949. The second-order valence-electron chi connectivity index (χ2n) is 5.84. The molecule has 1 aliphatic rings. The third-order valence-electron chi connectivity index (χ3n) is 4.24. The number of rotatable bonds is 6. The molecule has 3 heterocycles. The third-order valence-corrected chi connectivity index (χ3v) is 6.26. The second kappa shape index (κ2) is 7.66. The van der Waals surface area contributed by atoms with Crippen molar-refractivity contribution in [1.82, 2.24) is 14.8 Å². The summed E-state index contributed by atoms with van der Waals surface area (Å²) in [6, 6.07) is 4.77. The van der Waals surface area contributed by atoms with Crippen LogP contribution in [0.25, 0.3) is 9.88 Å². The topological polar surface area (TPSA) is 39.6 Å². The van der Waals surface area contributed by atoms with Crippen LogP contribution in [0.4, 0.5) is 0 Å². The second-order valence-corrected chi connectivity index (χ2v) is 7.90. The van der Waals surface area contributed by atoms with Crippen molar-refractivity contribution >= 4 is 22.7 Å². The van der Waals surface area contributed by atoms with E-state index in [1.165, 1.54) is 22.6 Å². The normalized spacial score (nSPS) is 17.4. The van der Waals surface area contributed by atoms with Crippen LogP contribution in [0.5, 0.6) is 0 Å². The van der Waals surface area contributed by atoms with E-state index in [1.807, 2.05) is 6.20 Å². The molecule has 1 saturated heterocycles. The smallest absolute Gasteiger partial charge is 0.133 e. The zero-order chi connectivity index (χ0) is 15.4. The van der Waals surface area contributed by atoms with Crippen molar-refractivity contribution < 1.29 is 5.11 Å². The molecular weight excluding hydrogens is 314 g/mol. The average Bonchev–Trinajstić information content (AvgIpc) is 3.18. The van der Waals surface area contributed by atoms with Crippen molar-refractivity contribution in [3.8, 4) is 9.88 Å². The largest absolute Gasteiger partial charge is 0.395 e. The summed E-state index contributed by atoms with van der Waals surface area (Å²) in [5.74, 6) is 0. The van der Waals surface area contributed by atoms with Gasteiger partial charge in [-0.25, -0.2) is 4.98 Å². The number of aromatic nitrogens is 1. The van der Waals surface area contributed by atoms with Crippen LogP contribution in [0, 0.1) is 0 Å². The highest BCUT2D eigenvalue weighted by atomic mass is 32.1. The number of hydrogen-bond donors (Lipinski definition) is 1. The van der Waals surface area contributed by atoms with Crippen LogP contribution in [-0.4, -0.2) is 59.2 Å². The van der Waals surface area contributed by atoms with Crippen molar-refractivity contribution in [2.24, 2.45) is 0 Å². The zero-order valence-corrected chi connectivity index (χ0v) is 14.6.